The van der Waals surface area contributed by atoms with Crippen LogP contribution >= 0.6 is 0 Å². The molecule has 29 heavy (non-hydrogen) atoms. The van der Waals surface area contributed by atoms with Crippen LogP contribution in [0, 0.1) is 0 Å². The van der Waals surface area contributed by atoms with Crippen LogP contribution in [0.15, 0.2) is 72.5 Å². The van der Waals surface area contributed by atoms with Crippen molar-refractivity contribution in [3.05, 3.63) is 83.6 Å². The molecule has 1 spiro atoms. The molecular weight excluding hydrogens is 366 g/mol. The van der Waals surface area contributed by atoms with E-state index in [1.807, 2.05) is 60.7 Å². The first-order chi connectivity index (χ1) is 14.1. The Kier molecular flexibility index (Phi) is 3.74. The minimum atomic E-state index is -1.15. The van der Waals surface area contributed by atoms with Crippen molar-refractivity contribution in [3.8, 4) is 5.75 Å². The highest BCUT2D eigenvalue weighted by atomic mass is 16.6. The van der Waals surface area contributed by atoms with E-state index in [0.717, 1.165) is 27.6 Å². The molecule has 3 aromatic carbocycles. The van der Waals surface area contributed by atoms with Crippen LogP contribution < -0.4 is 9.64 Å². The zero-order chi connectivity index (χ0) is 20.2. The van der Waals surface area contributed by atoms with Crippen molar-refractivity contribution in [2.24, 2.45) is 0 Å². The summed E-state index contributed by atoms with van der Waals surface area (Å²) in [4.78, 5) is 28.0. The lowest BCUT2D eigenvalue weighted by Crippen LogP contribution is -2.41. The van der Waals surface area contributed by atoms with Gasteiger partial charge in [-0.25, -0.2) is 4.79 Å². The fourth-order valence-electron chi connectivity index (χ4n) is 4.43. The predicted molar refractivity (Wildman–Crippen MR) is 110 cm³/mol. The molecule has 0 unspecified atom stereocenters. The van der Waals surface area contributed by atoms with Crippen LogP contribution in [0.2, 0.25) is 0 Å². The van der Waals surface area contributed by atoms with E-state index < -0.39 is 11.4 Å². The number of carbonyl (C=O) groups is 2. The summed E-state index contributed by atoms with van der Waals surface area (Å²) >= 11 is 0. The summed E-state index contributed by atoms with van der Waals surface area (Å²) in [7, 11) is 1.76. The molecule has 0 radical (unpaired) electrons. The molecule has 5 heteroatoms. The summed E-state index contributed by atoms with van der Waals surface area (Å²) in [5.74, 6) is -0.173. The van der Waals surface area contributed by atoms with Crippen LogP contribution in [-0.2, 0) is 19.7 Å². The van der Waals surface area contributed by atoms with Gasteiger partial charge in [0.15, 0.2) is 0 Å². The third-order valence-corrected chi connectivity index (χ3v) is 5.66. The molecule has 2 heterocycles. The minimum Gasteiger partial charge on any atom is -0.460 e. The average Bonchev–Trinajstić information content (AvgIpc) is 2.96. The van der Waals surface area contributed by atoms with Gasteiger partial charge in [0.25, 0.3) is 0 Å². The van der Waals surface area contributed by atoms with Gasteiger partial charge in [-0.1, -0.05) is 48.5 Å². The molecule has 0 aliphatic carbocycles. The molecular formula is C24H19NO4. The quantitative estimate of drug-likeness (QED) is 0.627. The Labute approximate surface area is 168 Å². The van der Waals surface area contributed by atoms with Gasteiger partial charge in [0.05, 0.1) is 6.61 Å². The van der Waals surface area contributed by atoms with Gasteiger partial charge >= 0.3 is 5.97 Å². The van der Waals surface area contributed by atoms with Gasteiger partial charge in [-0.3, -0.25) is 4.79 Å². The first kappa shape index (κ1) is 17.5. The number of amides is 1. The third kappa shape index (κ3) is 2.27. The summed E-state index contributed by atoms with van der Waals surface area (Å²) in [6, 6.07) is 19.3. The summed E-state index contributed by atoms with van der Waals surface area (Å²) < 4.78 is 11.1. The number of rotatable bonds is 2. The van der Waals surface area contributed by atoms with Crippen LogP contribution in [0.4, 0.5) is 5.69 Å². The van der Waals surface area contributed by atoms with Crippen LogP contribution in [0.3, 0.4) is 0 Å². The Morgan fingerprint density at radius 2 is 1.83 bits per heavy atom. The number of fused-ring (bicyclic) bond motifs is 6. The van der Waals surface area contributed by atoms with Gasteiger partial charge in [-0.15, -0.1) is 0 Å². The maximum atomic E-state index is 13.7. The third-order valence-electron chi connectivity index (χ3n) is 5.66. The van der Waals surface area contributed by atoms with Crippen molar-refractivity contribution in [1.82, 2.24) is 0 Å². The second kappa shape index (κ2) is 6.21. The van der Waals surface area contributed by atoms with Crippen molar-refractivity contribution >= 4 is 28.3 Å². The van der Waals surface area contributed by atoms with Crippen LogP contribution in [0.1, 0.15) is 18.1 Å². The van der Waals surface area contributed by atoms with E-state index in [4.69, 9.17) is 9.47 Å². The first-order valence-corrected chi connectivity index (χ1v) is 9.55. The molecule has 0 N–H and O–H groups in total. The van der Waals surface area contributed by atoms with Crippen molar-refractivity contribution in [2.45, 2.75) is 12.3 Å². The summed E-state index contributed by atoms with van der Waals surface area (Å²) in [5.41, 5.74) is 1.25. The molecule has 2 aliphatic heterocycles. The number of ether oxygens (including phenoxy) is 2. The van der Waals surface area contributed by atoms with Crippen molar-refractivity contribution < 1.29 is 19.1 Å². The lowest BCUT2D eigenvalue weighted by molar-refractivity contribution is -0.141. The number of hydrogen-bond donors (Lipinski definition) is 0. The number of para-hydroxylation sites is 1. The largest absolute Gasteiger partial charge is 0.460 e. The van der Waals surface area contributed by atoms with Gasteiger partial charge in [0.2, 0.25) is 11.7 Å². The molecule has 1 amide bonds. The molecule has 0 saturated heterocycles. The Morgan fingerprint density at radius 1 is 1.07 bits per heavy atom. The second-order valence-electron chi connectivity index (χ2n) is 7.18. The van der Waals surface area contributed by atoms with E-state index in [1.54, 1.807) is 24.9 Å². The summed E-state index contributed by atoms with van der Waals surface area (Å²) in [6.45, 7) is 1.96. The number of anilines is 1. The van der Waals surface area contributed by atoms with Gasteiger partial charge in [0, 0.05) is 18.3 Å². The topological polar surface area (TPSA) is 55.8 Å². The molecule has 5 nitrogen and oxygen atoms in total. The second-order valence-corrected chi connectivity index (χ2v) is 7.18. The highest BCUT2D eigenvalue weighted by Crippen LogP contribution is 2.53. The smallest absolute Gasteiger partial charge is 0.373 e. The molecule has 144 valence electrons. The fraction of sp³-hybridized carbons (Fsp3) is 0.167. The van der Waals surface area contributed by atoms with Crippen LogP contribution in [0.25, 0.3) is 10.8 Å². The van der Waals surface area contributed by atoms with E-state index in [2.05, 4.69) is 0 Å². The lowest BCUT2D eigenvalue weighted by Gasteiger charge is -2.33. The summed E-state index contributed by atoms with van der Waals surface area (Å²) in [5, 5.41) is 1.92. The van der Waals surface area contributed by atoms with Crippen molar-refractivity contribution in [3.63, 3.8) is 0 Å². The van der Waals surface area contributed by atoms with Gasteiger partial charge in [0.1, 0.15) is 11.2 Å². The Hall–Kier alpha value is -3.60. The van der Waals surface area contributed by atoms with Crippen LogP contribution in [0.5, 0.6) is 5.75 Å². The normalized spacial score (nSPS) is 19.6. The number of carbonyl (C=O) groups excluding carboxylic acids is 2. The number of esters is 1. The molecule has 0 aromatic heterocycles. The molecule has 0 fully saturated rings. The molecule has 0 saturated carbocycles. The van der Waals surface area contributed by atoms with E-state index in [1.165, 1.54) is 0 Å². The zero-order valence-corrected chi connectivity index (χ0v) is 16.1. The number of likely N-dealkylation sites (N-methyl/N-ethyl adjacent to an activating group) is 1. The van der Waals surface area contributed by atoms with Gasteiger partial charge in [-0.05, 0) is 41.5 Å². The number of hydrogen-bond acceptors (Lipinski definition) is 4. The van der Waals surface area contributed by atoms with E-state index in [-0.39, 0.29) is 18.3 Å². The fourth-order valence-corrected chi connectivity index (χ4v) is 4.43. The highest BCUT2D eigenvalue weighted by molar-refractivity contribution is 6.15. The van der Waals surface area contributed by atoms with Crippen LogP contribution in [-0.4, -0.2) is 25.5 Å². The van der Waals surface area contributed by atoms with Gasteiger partial charge < -0.3 is 14.4 Å². The molecule has 2 aliphatic rings. The highest BCUT2D eigenvalue weighted by Gasteiger charge is 2.54. The average molecular weight is 385 g/mol. The molecule has 1 atom stereocenters. The Morgan fingerprint density at radius 3 is 2.66 bits per heavy atom. The number of benzene rings is 3. The zero-order valence-electron chi connectivity index (χ0n) is 16.1. The number of nitrogens with zero attached hydrogens (tertiary/aromatic N) is 1. The Bertz CT molecular complexity index is 1210. The summed E-state index contributed by atoms with van der Waals surface area (Å²) in [6.07, 6.45) is 1.63. The van der Waals surface area contributed by atoms with E-state index >= 15 is 0 Å². The van der Waals surface area contributed by atoms with Crippen molar-refractivity contribution in [1.29, 1.82) is 0 Å². The standard InChI is InChI=1S/C24H19NO4/c1-3-28-22(26)20-14-24(17-10-6-7-11-18(17)25(2)23(24)27)21-16-9-5-4-8-15(16)12-13-19(21)29-20/h4-14H,3H2,1-2H3/t24-/m0/s1. The molecule has 0 bridgehead atoms. The molecule has 3 aromatic rings. The van der Waals surface area contributed by atoms with Crippen molar-refractivity contribution in [2.75, 3.05) is 18.6 Å². The molecule has 5 rings (SSSR count). The first-order valence-electron chi connectivity index (χ1n) is 9.55. The SMILES string of the molecule is CCOC(=O)C1=C[C@@]2(C(=O)N(C)c3ccccc32)c2c(ccc3ccccc23)O1. The van der Waals surface area contributed by atoms with E-state index in [9.17, 15) is 9.59 Å². The van der Waals surface area contributed by atoms with Gasteiger partial charge in [-0.2, -0.15) is 0 Å². The maximum absolute atomic E-state index is 13.7. The van der Waals surface area contributed by atoms with E-state index in [0.29, 0.717) is 5.75 Å². The lowest BCUT2D eigenvalue weighted by atomic mass is 9.71. The predicted octanol–water partition coefficient (Wildman–Crippen LogP) is 3.94. The Balaban J connectivity index is 1.90. The monoisotopic (exact) mass is 385 g/mol. The minimum absolute atomic E-state index is 0.0353. The maximum Gasteiger partial charge on any atom is 0.373 e.